The van der Waals surface area contributed by atoms with Crippen molar-refractivity contribution < 1.29 is 13.9 Å². The molecule has 1 aromatic heterocycles. The second-order valence-corrected chi connectivity index (χ2v) is 8.48. The monoisotopic (exact) mass is 437 g/mol. The number of halogens is 3. The molecule has 1 N–H and O–H groups in total. The lowest BCUT2D eigenvalue weighted by atomic mass is 9.80. The molecule has 1 aromatic carbocycles. The third-order valence-electron chi connectivity index (χ3n) is 5.73. The van der Waals surface area contributed by atoms with Gasteiger partial charge in [-0.3, -0.25) is 14.7 Å². The molecule has 3 atom stereocenters. The van der Waals surface area contributed by atoms with Gasteiger partial charge >= 0.3 is 0 Å². The number of alkyl halides is 1. The molecule has 1 aliphatic carbocycles. The van der Waals surface area contributed by atoms with E-state index in [1.807, 2.05) is 11.9 Å². The van der Waals surface area contributed by atoms with Crippen LogP contribution in [0.1, 0.15) is 35.8 Å². The van der Waals surface area contributed by atoms with Gasteiger partial charge in [0, 0.05) is 34.9 Å². The Hall–Kier alpha value is -1.73. The molecule has 2 heterocycles. The van der Waals surface area contributed by atoms with Gasteiger partial charge in [0.2, 0.25) is 5.91 Å². The first-order chi connectivity index (χ1) is 13.9. The van der Waals surface area contributed by atoms with Gasteiger partial charge in [0.1, 0.15) is 17.8 Å². The topological polar surface area (TPSA) is 54.5 Å². The van der Waals surface area contributed by atoms with Gasteiger partial charge in [-0.05, 0) is 43.7 Å². The van der Waals surface area contributed by atoms with E-state index in [1.54, 1.807) is 36.5 Å². The number of morpholine rings is 1. The molecule has 0 bridgehead atoms. The molecule has 1 saturated heterocycles. The van der Waals surface area contributed by atoms with E-state index in [9.17, 15) is 9.18 Å². The van der Waals surface area contributed by atoms with Crippen LogP contribution in [0.5, 0.6) is 0 Å². The fraction of sp³-hybridized carbons (Fsp3) is 0.429. The highest BCUT2D eigenvalue weighted by Gasteiger charge is 2.48. The van der Waals surface area contributed by atoms with E-state index in [-0.39, 0.29) is 12.5 Å². The zero-order valence-corrected chi connectivity index (χ0v) is 17.5. The Labute approximate surface area is 179 Å². The van der Waals surface area contributed by atoms with Crippen molar-refractivity contribution in [3.63, 3.8) is 0 Å². The van der Waals surface area contributed by atoms with Crippen molar-refractivity contribution in [3.05, 3.63) is 63.4 Å². The Morgan fingerprint density at radius 3 is 3.00 bits per heavy atom. The summed E-state index contributed by atoms with van der Waals surface area (Å²) in [7, 11) is 1.88. The van der Waals surface area contributed by atoms with E-state index in [0.717, 1.165) is 5.56 Å². The summed E-state index contributed by atoms with van der Waals surface area (Å²) in [5.74, 6) is -0.145. The highest BCUT2D eigenvalue weighted by atomic mass is 35.5. The third kappa shape index (κ3) is 3.99. The molecule has 154 valence electrons. The number of benzene rings is 1. The fourth-order valence-corrected chi connectivity index (χ4v) is 4.62. The summed E-state index contributed by atoms with van der Waals surface area (Å²) in [6.07, 6.45) is 1.56. The Morgan fingerprint density at radius 1 is 1.41 bits per heavy atom. The van der Waals surface area contributed by atoms with Crippen LogP contribution in [0, 0.1) is 0 Å². The minimum atomic E-state index is -1.02. The first kappa shape index (κ1) is 20.5. The summed E-state index contributed by atoms with van der Waals surface area (Å²) in [5, 5.41) is 3.97. The average molecular weight is 438 g/mol. The third-order valence-corrected chi connectivity index (χ3v) is 6.32. The van der Waals surface area contributed by atoms with Crippen molar-refractivity contribution in [1.82, 2.24) is 15.2 Å². The number of ether oxygens (including phenoxy) is 1. The van der Waals surface area contributed by atoms with E-state index >= 15 is 0 Å². The molecule has 8 heteroatoms. The summed E-state index contributed by atoms with van der Waals surface area (Å²) in [6.45, 7) is 0.991. The first-order valence-corrected chi connectivity index (χ1v) is 10.3. The fourth-order valence-electron chi connectivity index (χ4n) is 4.14. The highest BCUT2D eigenvalue weighted by molar-refractivity contribution is 6.35. The highest BCUT2D eigenvalue weighted by Crippen LogP contribution is 2.45. The molecule has 2 aliphatic rings. The van der Waals surface area contributed by atoms with Crippen LogP contribution < -0.4 is 5.32 Å². The molecule has 2 aromatic rings. The van der Waals surface area contributed by atoms with Gasteiger partial charge in [0.05, 0.1) is 12.3 Å². The van der Waals surface area contributed by atoms with Crippen LogP contribution >= 0.6 is 23.2 Å². The zero-order valence-electron chi connectivity index (χ0n) is 16.0. The quantitative estimate of drug-likeness (QED) is 0.786. The van der Waals surface area contributed by atoms with Crippen LogP contribution in [-0.4, -0.2) is 42.0 Å². The lowest BCUT2D eigenvalue weighted by Gasteiger charge is -2.47. The molecule has 0 saturated carbocycles. The summed E-state index contributed by atoms with van der Waals surface area (Å²) >= 11 is 12.1. The molecular formula is C21H22Cl2FN3O2. The van der Waals surface area contributed by atoms with E-state index in [4.69, 9.17) is 27.9 Å². The van der Waals surface area contributed by atoms with Crippen LogP contribution in [0.4, 0.5) is 4.39 Å². The van der Waals surface area contributed by atoms with E-state index in [2.05, 4.69) is 10.3 Å². The summed E-state index contributed by atoms with van der Waals surface area (Å²) in [4.78, 5) is 19.1. The molecule has 1 fully saturated rings. The van der Waals surface area contributed by atoms with Crippen molar-refractivity contribution in [1.29, 1.82) is 0 Å². The number of hydrogen-bond acceptors (Lipinski definition) is 4. The predicted octanol–water partition coefficient (Wildman–Crippen LogP) is 4.04. The number of fused-ring (bicyclic) bond motifs is 2. The number of carbonyl (C=O) groups is 1. The van der Waals surface area contributed by atoms with Gasteiger partial charge < -0.3 is 10.1 Å². The van der Waals surface area contributed by atoms with Crippen LogP contribution in [-0.2, 0) is 21.7 Å². The number of likely N-dealkylation sites (N-methyl/N-ethyl adjacent to an activating group) is 1. The van der Waals surface area contributed by atoms with E-state index in [1.165, 1.54) is 0 Å². The van der Waals surface area contributed by atoms with E-state index in [0.29, 0.717) is 47.2 Å². The van der Waals surface area contributed by atoms with Gasteiger partial charge in [-0.1, -0.05) is 35.3 Å². The number of rotatable bonds is 3. The van der Waals surface area contributed by atoms with Crippen molar-refractivity contribution in [2.24, 2.45) is 0 Å². The van der Waals surface area contributed by atoms with Crippen molar-refractivity contribution in [2.75, 3.05) is 20.2 Å². The molecule has 29 heavy (non-hydrogen) atoms. The number of nitrogens with one attached hydrogen (secondary N) is 1. The van der Waals surface area contributed by atoms with Gasteiger partial charge in [-0.15, -0.1) is 0 Å². The zero-order chi connectivity index (χ0) is 20.6. The van der Waals surface area contributed by atoms with Crippen LogP contribution in [0.3, 0.4) is 0 Å². The summed E-state index contributed by atoms with van der Waals surface area (Å²) in [6, 6.07) is 8.25. The Morgan fingerprint density at radius 2 is 2.24 bits per heavy atom. The van der Waals surface area contributed by atoms with Crippen LogP contribution in [0.25, 0.3) is 0 Å². The second kappa shape index (κ2) is 8.19. The first-order valence-electron chi connectivity index (χ1n) is 9.55. The molecule has 1 unspecified atom stereocenters. The van der Waals surface area contributed by atoms with Crippen molar-refractivity contribution in [3.8, 4) is 0 Å². The number of pyridine rings is 1. The lowest BCUT2D eigenvalue weighted by molar-refractivity contribution is -0.161. The second-order valence-electron chi connectivity index (χ2n) is 7.64. The van der Waals surface area contributed by atoms with Gasteiger partial charge in [-0.2, -0.15) is 0 Å². The maximum atomic E-state index is 14.3. The molecule has 1 amide bonds. The van der Waals surface area contributed by atoms with Gasteiger partial charge in [0.15, 0.2) is 0 Å². The molecular weight excluding hydrogens is 416 g/mol. The number of hydrogen-bond donors (Lipinski definition) is 1. The minimum Gasteiger partial charge on any atom is -0.365 e. The molecule has 1 spiro atoms. The molecule has 4 rings (SSSR count). The normalized spacial score (nSPS) is 26.9. The van der Waals surface area contributed by atoms with E-state index < -0.39 is 17.8 Å². The van der Waals surface area contributed by atoms with Gasteiger partial charge in [0.25, 0.3) is 0 Å². The molecule has 5 nitrogen and oxygen atoms in total. The molecule has 0 radical (unpaired) electrons. The number of amides is 1. The standard InChI is InChI=1S/C21H22Cl2FN3O2/c1-27-12-21(7-6-17(24)15-3-2-8-25-19(15)21)29-11-18(27)20(28)26-10-13-4-5-14(22)9-16(13)23/h2-5,8-9,17-18H,6-7,10-12H2,1H3,(H,26,28)/t17-,18?,21+/m0/s1. The lowest BCUT2D eigenvalue weighted by Crippen LogP contribution is -2.59. The SMILES string of the molecule is CN1C[C@@]2(CC[C@H](F)c3cccnc32)OCC1C(=O)NCc1ccc(Cl)cc1Cl. The Bertz CT molecular complexity index is 929. The maximum absolute atomic E-state index is 14.3. The Balaban J connectivity index is 1.44. The smallest absolute Gasteiger partial charge is 0.240 e. The maximum Gasteiger partial charge on any atom is 0.240 e. The molecule has 1 aliphatic heterocycles. The average Bonchev–Trinajstić information content (AvgIpc) is 2.70. The van der Waals surface area contributed by atoms with Gasteiger partial charge in [-0.25, -0.2) is 4.39 Å². The number of carbonyl (C=O) groups excluding carboxylic acids is 1. The van der Waals surface area contributed by atoms with Crippen molar-refractivity contribution >= 4 is 29.1 Å². The predicted molar refractivity (Wildman–Crippen MR) is 110 cm³/mol. The number of aromatic nitrogens is 1. The minimum absolute atomic E-state index is 0.145. The largest absolute Gasteiger partial charge is 0.365 e. The van der Waals surface area contributed by atoms with Crippen LogP contribution in [0.15, 0.2) is 36.5 Å². The summed E-state index contributed by atoms with van der Waals surface area (Å²) < 4.78 is 20.5. The van der Waals surface area contributed by atoms with Crippen molar-refractivity contribution in [2.45, 2.75) is 37.2 Å². The summed E-state index contributed by atoms with van der Waals surface area (Å²) in [5.41, 5.74) is 1.36. The Kier molecular flexibility index (Phi) is 5.80. The van der Waals surface area contributed by atoms with Crippen LogP contribution in [0.2, 0.25) is 10.0 Å². The number of nitrogens with zero attached hydrogens (tertiary/aromatic N) is 2.